The molecule has 2 aromatic rings. The summed E-state index contributed by atoms with van der Waals surface area (Å²) in [5, 5.41) is 5.92. The SMILES string of the molecule is Cc1ccc(NC(=O)CNCC2CC2)cc1NS(=O)(=O)c1ccccc1. The lowest BCUT2D eigenvalue weighted by molar-refractivity contribution is -0.115. The van der Waals surface area contributed by atoms with Crippen LogP contribution in [0.3, 0.4) is 0 Å². The van der Waals surface area contributed by atoms with E-state index in [-0.39, 0.29) is 17.3 Å². The molecule has 1 saturated carbocycles. The van der Waals surface area contributed by atoms with Gasteiger partial charge in [0.25, 0.3) is 10.0 Å². The summed E-state index contributed by atoms with van der Waals surface area (Å²) in [6.45, 7) is 2.92. The fourth-order valence-electron chi connectivity index (χ4n) is 2.53. The third-order valence-corrected chi connectivity index (χ3v) is 5.62. The second-order valence-electron chi connectivity index (χ2n) is 6.57. The van der Waals surface area contributed by atoms with Crippen LogP contribution in [0.15, 0.2) is 53.4 Å². The van der Waals surface area contributed by atoms with Gasteiger partial charge in [0.15, 0.2) is 0 Å². The zero-order valence-electron chi connectivity index (χ0n) is 14.7. The standard InChI is InChI=1S/C19H23N3O3S/c1-14-7-10-16(21-19(23)13-20-12-15-8-9-15)11-18(14)22-26(24,25)17-5-3-2-4-6-17/h2-7,10-11,15,20,22H,8-9,12-13H2,1H3,(H,21,23). The maximum Gasteiger partial charge on any atom is 0.261 e. The minimum absolute atomic E-state index is 0.147. The normalized spacial score (nSPS) is 14.0. The Morgan fingerprint density at radius 1 is 1.12 bits per heavy atom. The number of anilines is 2. The third-order valence-electron chi connectivity index (χ3n) is 4.23. The molecule has 3 N–H and O–H groups in total. The van der Waals surface area contributed by atoms with Crippen LogP contribution < -0.4 is 15.4 Å². The molecule has 0 spiro atoms. The second kappa shape index (κ2) is 7.88. The molecule has 7 heteroatoms. The Morgan fingerprint density at radius 2 is 1.85 bits per heavy atom. The van der Waals surface area contributed by atoms with E-state index in [0.717, 1.165) is 12.1 Å². The first-order chi connectivity index (χ1) is 12.4. The van der Waals surface area contributed by atoms with Crippen LogP contribution in [-0.2, 0) is 14.8 Å². The number of nitrogens with one attached hydrogen (secondary N) is 3. The molecule has 2 aromatic carbocycles. The number of rotatable bonds is 8. The van der Waals surface area contributed by atoms with Crippen LogP contribution in [0.25, 0.3) is 0 Å². The summed E-state index contributed by atoms with van der Waals surface area (Å²) in [6.07, 6.45) is 2.47. The van der Waals surface area contributed by atoms with Gasteiger partial charge in [0, 0.05) is 5.69 Å². The molecule has 0 aliphatic heterocycles. The molecule has 0 radical (unpaired) electrons. The smallest absolute Gasteiger partial charge is 0.261 e. The van der Waals surface area contributed by atoms with Crippen molar-refractivity contribution in [1.29, 1.82) is 0 Å². The van der Waals surface area contributed by atoms with Gasteiger partial charge in [0.1, 0.15) is 0 Å². The first-order valence-electron chi connectivity index (χ1n) is 8.63. The highest BCUT2D eigenvalue weighted by molar-refractivity contribution is 7.92. The van der Waals surface area contributed by atoms with Gasteiger partial charge in [-0.15, -0.1) is 0 Å². The van der Waals surface area contributed by atoms with Crippen LogP contribution in [0, 0.1) is 12.8 Å². The fourth-order valence-corrected chi connectivity index (χ4v) is 3.67. The van der Waals surface area contributed by atoms with Crippen molar-refractivity contribution in [3.8, 4) is 0 Å². The van der Waals surface area contributed by atoms with E-state index >= 15 is 0 Å². The van der Waals surface area contributed by atoms with Gasteiger partial charge in [0.05, 0.1) is 17.1 Å². The minimum Gasteiger partial charge on any atom is -0.325 e. The molecule has 0 saturated heterocycles. The van der Waals surface area contributed by atoms with Gasteiger partial charge >= 0.3 is 0 Å². The Hall–Kier alpha value is -2.38. The predicted molar refractivity (Wildman–Crippen MR) is 103 cm³/mol. The summed E-state index contributed by atoms with van der Waals surface area (Å²) in [6, 6.07) is 13.3. The van der Waals surface area contributed by atoms with E-state index in [0.29, 0.717) is 17.3 Å². The van der Waals surface area contributed by atoms with E-state index in [9.17, 15) is 13.2 Å². The van der Waals surface area contributed by atoms with Crippen LogP contribution in [0.4, 0.5) is 11.4 Å². The number of aryl methyl sites for hydroxylation is 1. The van der Waals surface area contributed by atoms with Crippen molar-refractivity contribution in [3.05, 3.63) is 54.1 Å². The summed E-state index contributed by atoms with van der Waals surface area (Å²) >= 11 is 0. The minimum atomic E-state index is -3.67. The molecule has 0 bridgehead atoms. The van der Waals surface area contributed by atoms with Gasteiger partial charge < -0.3 is 10.6 Å². The van der Waals surface area contributed by atoms with Gasteiger partial charge in [0.2, 0.25) is 5.91 Å². The zero-order chi connectivity index (χ0) is 18.6. The number of hydrogen-bond donors (Lipinski definition) is 3. The monoisotopic (exact) mass is 373 g/mol. The topological polar surface area (TPSA) is 87.3 Å². The lowest BCUT2D eigenvalue weighted by Gasteiger charge is -2.13. The quantitative estimate of drug-likeness (QED) is 0.664. The third kappa shape index (κ3) is 5.06. The largest absolute Gasteiger partial charge is 0.325 e. The Kier molecular flexibility index (Phi) is 5.58. The molecule has 138 valence electrons. The molecule has 1 amide bonds. The van der Waals surface area contributed by atoms with Crippen molar-refractivity contribution in [2.75, 3.05) is 23.1 Å². The fraction of sp³-hybridized carbons (Fsp3) is 0.316. The van der Waals surface area contributed by atoms with Crippen LogP contribution in [0.5, 0.6) is 0 Å². The molecule has 1 aliphatic carbocycles. The molecule has 0 heterocycles. The molecule has 6 nitrogen and oxygen atoms in total. The van der Waals surface area contributed by atoms with E-state index in [1.54, 1.807) is 36.4 Å². The number of sulfonamides is 1. The first-order valence-corrected chi connectivity index (χ1v) is 10.1. The summed E-state index contributed by atoms with van der Waals surface area (Å²) in [4.78, 5) is 12.2. The van der Waals surface area contributed by atoms with Gasteiger partial charge in [-0.3, -0.25) is 9.52 Å². The van der Waals surface area contributed by atoms with E-state index in [1.165, 1.54) is 25.0 Å². The molecule has 0 aromatic heterocycles. The van der Waals surface area contributed by atoms with Crippen LogP contribution in [0.2, 0.25) is 0 Å². The number of carbonyl (C=O) groups is 1. The van der Waals surface area contributed by atoms with Crippen molar-refractivity contribution in [2.45, 2.75) is 24.7 Å². The molecule has 3 rings (SSSR count). The van der Waals surface area contributed by atoms with E-state index in [1.807, 2.05) is 6.92 Å². The maximum absolute atomic E-state index is 12.5. The highest BCUT2D eigenvalue weighted by Crippen LogP contribution is 2.27. The average molecular weight is 373 g/mol. The maximum atomic E-state index is 12.5. The lowest BCUT2D eigenvalue weighted by atomic mass is 10.2. The zero-order valence-corrected chi connectivity index (χ0v) is 15.5. The van der Waals surface area contributed by atoms with Crippen molar-refractivity contribution in [3.63, 3.8) is 0 Å². The number of hydrogen-bond acceptors (Lipinski definition) is 4. The van der Waals surface area contributed by atoms with Crippen LogP contribution in [-0.4, -0.2) is 27.4 Å². The van der Waals surface area contributed by atoms with Gasteiger partial charge in [-0.1, -0.05) is 24.3 Å². The Balaban J connectivity index is 1.66. The van der Waals surface area contributed by atoms with Gasteiger partial charge in [-0.25, -0.2) is 8.42 Å². The van der Waals surface area contributed by atoms with Gasteiger partial charge in [-0.2, -0.15) is 0 Å². The molecule has 1 aliphatic rings. The molecule has 0 unspecified atom stereocenters. The second-order valence-corrected chi connectivity index (χ2v) is 8.25. The van der Waals surface area contributed by atoms with Crippen LogP contribution in [0.1, 0.15) is 18.4 Å². The van der Waals surface area contributed by atoms with Crippen molar-refractivity contribution in [1.82, 2.24) is 5.32 Å². The van der Waals surface area contributed by atoms with E-state index < -0.39 is 10.0 Å². The first kappa shape index (κ1) is 18.4. The van der Waals surface area contributed by atoms with Gasteiger partial charge in [-0.05, 0) is 62.1 Å². The molecular weight excluding hydrogens is 350 g/mol. The number of amides is 1. The van der Waals surface area contributed by atoms with Crippen molar-refractivity contribution >= 4 is 27.3 Å². The Labute approximate surface area is 154 Å². The molecular formula is C19H23N3O3S. The van der Waals surface area contributed by atoms with E-state index in [2.05, 4.69) is 15.4 Å². The summed E-state index contributed by atoms with van der Waals surface area (Å²) in [5.74, 6) is 0.563. The Morgan fingerprint density at radius 3 is 2.54 bits per heavy atom. The highest BCUT2D eigenvalue weighted by atomic mass is 32.2. The predicted octanol–water partition coefficient (Wildman–Crippen LogP) is 2.73. The van der Waals surface area contributed by atoms with E-state index in [4.69, 9.17) is 0 Å². The molecule has 26 heavy (non-hydrogen) atoms. The lowest BCUT2D eigenvalue weighted by Crippen LogP contribution is -2.29. The van der Waals surface area contributed by atoms with Crippen molar-refractivity contribution in [2.24, 2.45) is 5.92 Å². The number of carbonyl (C=O) groups excluding carboxylic acids is 1. The Bertz CT molecular complexity index is 878. The van der Waals surface area contributed by atoms with Crippen LogP contribution >= 0.6 is 0 Å². The number of benzene rings is 2. The average Bonchev–Trinajstić information content (AvgIpc) is 3.43. The van der Waals surface area contributed by atoms with Crippen molar-refractivity contribution < 1.29 is 13.2 Å². The summed E-state index contributed by atoms with van der Waals surface area (Å²) < 4.78 is 27.6. The highest BCUT2D eigenvalue weighted by Gasteiger charge is 2.20. The summed E-state index contributed by atoms with van der Waals surface area (Å²) in [5.41, 5.74) is 1.77. The molecule has 1 fully saturated rings. The molecule has 0 atom stereocenters. The summed E-state index contributed by atoms with van der Waals surface area (Å²) in [7, 11) is -3.67.